The van der Waals surface area contributed by atoms with Gasteiger partial charge in [-0.1, -0.05) is 30.3 Å². The lowest BCUT2D eigenvalue weighted by atomic mass is 9.96. The summed E-state index contributed by atoms with van der Waals surface area (Å²) in [7, 11) is 0. The van der Waals surface area contributed by atoms with E-state index < -0.39 is 0 Å². The number of carbonyl (C=O) groups is 1. The van der Waals surface area contributed by atoms with Crippen molar-refractivity contribution in [3.8, 4) is 11.4 Å². The lowest BCUT2D eigenvalue weighted by Crippen LogP contribution is -2.16. The highest BCUT2D eigenvalue weighted by molar-refractivity contribution is 5.97. The minimum atomic E-state index is 0.150. The number of nitrogens with zero attached hydrogens (tertiary/aromatic N) is 4. The van der Waals surface area contributed by atoms with Crippen molar-refractivity contribution < 1.29 is 4.79 Å². The normalized spacial score (nSPS) is 14.5. The molecule has 0 atom stereocenters. The lowest BCUT2D eigenvalue weighted by Gasteiger charge is -2.13. The Balaban J connectivity index is 1.94. The number of aromatic nitrogens is 4. The third kappa shape index (κ3) is 1.63. The van der Waals surface area contributed by atoms with Crippen LogP contribution in [0.15, 0.2) is 36.5 Å². The first-order valence-electron chi connectivity index (χ1n) is 6.66. The molecule has 0 unspecified atom stereocenters. The van der Waals surface area contributed by atoms with Crippen molar-refractivity contribution in [1.82, 2.24) is 19.6 Å². The van der Waals surface area contributed by atoms with E-state index in [4.69, 9.17) is 0 Å². The van der Waals surface area contributed by atoms with E-state index in [-0.39, 0.29) is 5.78 Å². The van der Waals surface area contributed by atoms with Crippen LogP contribution < -0.4 is 0 Å². The number of Topliss-reactive ketones (excluding diaryl/α,β-unsaturated/α-hetero) is 1. The summed E-state index contributed by atoms with van der Waals surface area (Å²) < 4.78 is 1.72. The molecule has 0 amide bonds. The first-order valence-corrected chi connectivity index (χ1v) is 6.66. The summed E-state index contributed by atoms with van der Waals surface area (Å²) in [5, 5.41) is 4.52. The van der Waals surface area contributed by atoms with Crippen molar-refractivity contribution in [3.05, 3.63) is 47.8 Å². The molecule has 0 saturated carbocycles. The van der Waals surface area contributed by atoms with Crippen LogP contribution in [0.1, 0.15) is 28.9 Å². The van der Waals surface area contributed by atoms with E-state index in [0.29, 0.717) is 23.6 Å². The average molecular weight is 264 g/mol. The topological polar surface area (TPSA) is 60.2 Å². The van der Waals surface area contributed by atoms with Gasteiger partial charge in [0, 0.05) is 18.2 Å². The third-order valence-electron chi connectivity index (χ3n) is 3.62. The molecule has 3 aromatic rings. The summed E-state index contributed by atoms with van der Waals surface area (Å²) >= 11 is 0. The van der Waals surface area contributed by atoms with E-state index in [1.807, 2.05) is 30.3 Å². The molecule has 0 spiro atoms. The second-order valence-electron chi connectivity index (χ2n) is 4.91. The largest absolute Gasteiger partial charge is 0.294 e. The Morgan fingerprint density at radius 2 is 1.95 bits per heavy atom. The van der Waals surface area contributed by atoms with Crippen molar-refractivity contribution >= 4 is 11.6 Å². The Hall–Kier alpha value is -2.56. The molecule has 0 radical (unpaired) electrons. The molecule has 2 aromatic heterocycles. The van der Waals surface area contributed by atoms with E-state index in [2.05, 4.69) is 15.1 Å². The molecule has 1 aliphatic carbocycles. The molecule has 0 aliphatic heterocycles. The van der Waals surface area contributed by atoms with Crippen LogP contribution in [0.4, 0.5) is 0 Å². The predicted octanol–water partition coefficient (Wildman–Crippen LogP) is 2.31. The van der Waals surface area contributed by atoms with Crippen molar-refractivity contribution in [1.29, 1.82) is 0 Å². The first-order chi connectivity index (χ1) is 9.83. The highest BCUT2D eigenvalue weighted by atomic mass is 16.1. The van der Waals surface area contributed by atoms with Crippen LogP contribution in [0.3, 0.4) is 0 Å². The third-order valence-corrected chi connectivity index (χ3v) is 3.62. The number of aryl methyl sites for hydroxylation is 1. The van der Waals surface area contributed by atoms with Gasteiger partial charge in [-0.05, 0) is 12.8 Å². The number of fused-ring (bicyclic) bond motifs is 3. The fraction of sp³-hybridized carbons (Fsp3) is 0.200. The van der Waals surface area contributed by atoms with E-state index in [0.717, 1.165) is 24.1 Å². The fourth-order valence-electron chi connectivity index (χ4n) is 2.61. The van der Waals surface area contributed by atoms with Crippen molar-refractivity contribution in [2.45, 2.75) is 19.3 Å². The smallest absolute Gasteiger partial charge is 0.252 e. The van der Waals surface area contributed by atoms with E-state index >= 15 is 0 Å². The van der Waals surface area contributed by atoms with E-state index in [1.165, 1.54) is 0 Å². The number of hydrogen-bond donors (Lipinski definition) is 0. The Morgan fingerprint density at radius 3 is 2.80 bits per heavy atom. The van der Waals surface area contributed by atoms with Crippen LogP contribution in [-0.4, -0.2) is 25.4 Å². The molecule has 4 rings (SSSR count). The van der Waals surface area contributed by atoms with Crippen molar-refractivity contribution in [3.63, 3.8) is 0 Å². The maximum Gasteiger partial charge on any atom is 0.252 e. The number of ketones is 1. The monoisotopic (exact) mass is 264 g/mol. The number of benzene rings is 1. The van der Waals surface area contributed by atoms with Crippen LogP contribution in [-0.2, 0) is 6.42 Å². The second kappa shape index (κ2) is 4.23. The first kappa shape index (κ1) is 11.3. The lowest BCUT2D eigenvalue weighted by molar-refractivity contribution is 0.0970. The maximum atomic E-state index is 11.9. The molecule has 20 heavy (non-hydrogen) atoms. The van der Waals surface area contributed by atoms with Crippen LogP contribution >= 0.6 is 0 Å². The van der Waals surface area contributed by atoms with Gasteiger partial charge in [-0.25, -0.2) is 9.50 Å². The minimum absolute atomic E-state index is 0.150. The minimum Gasteiger partial charge on any atom is -0.294 e. The number of hydrogen-bond acceptors (Lipinski definition) is 4. The van der Waals surface area contributed by atoms with Gasteiger partial charge in [-0.2, -0.15) is 4.98 Å². The van der Waals surface area contributed by atoms with Gasteiger partial charge in [-0.15, -0.1) is 5.10 Å². The standard InChI is InChI=1S/C15H12N4O/c20-13-8-4-7-12-11(13)9-16-15-17-14(18-19(12)15)10-5-2-1-3-6-10/h1-3,5-6,9H,4,7-8H2. The summed E-state index contributed by atoms with van der Waals surface area (Å²) in [6.45, 7) is 0. The van der Waals surface area contributed by atoms with Gasteiger partial charge in [0.15, 0.2) is 11.6 Å². The quantitative estimate of drug-likeness (QED) is 0.676. The molecule has 0 saturated heterocycles. The number of rotatable bonds is 1. The van der Waals surface area contributed by atoms with Crippen molar-refractivity contribution in [2.24, 2.45) is 0 Å². The molecular weight excluding hydrogens is 252 g/mol. The predicted molar refractivity (Wildman–Crippen MR) is 73.5 cm³/mol. The second-order valence-corrected chi connectivity index (χ2v) is 4.91. The SMILES string of the molecule is O=C1CCCc2c1cnc1nc(-c3ccccc3)nn21. The van der Waals surface area contributed by atoms with Gasteiger partial charge in [0.1, 0.15) is 0 Å². The molecule has 0 N–H and O–H groups in total. The van der Waals surface area contributed by atoms with Crippen LogP contribution in [0.5, 0.6) is 0 Å². The Morgan fingerprint density at radius 1 is 1.10 bits per heavy atom. The molecule has 1 aliphatic rings. The fourth-order valence-corrected chi connectivity index (χ4v) is 2.61. The highest BCUT2D eigenvalue weighted by Gasteiger charge is 2.22. The van der Waals surface area contributed by atoms with Crippen LogP contribution in [0.2, 0.25) is 0 Å². The summed E-state index contributed by atoms with van der Waals surface area (Å²) in [6.07, 6.45) is 3.94. The Kier molecular flexibility index (Phi) is 2.39. The van der Waals surface area contributed by atoms with Gasteiger partial charge in [0.2, 0.25) is 0 Å². The van der Waals surface area contributed by atoms with Gasteiger partial charge >= 0.3 is 0 Å². The summed E-state index contributed by atoms with van der Waals surface area (Å²) in [5.74, 6) is 1.35. The summed E-state index contributed by atoms with van der Waals surface area (Å²) in [4.78, 5) is 20.6. The molecule has 0 bridgehead atoms. The van der Waals surface area contributed by atoms with Gasteiger partial charge < -0.3 is 0 Å². The molecule has 98 valence electrons. The molecule has 2 heterocycles. The molecule has 1 aromatic carbocycles. The van der Waals surface area contributed by atoms with Crippen molar-refractivity contribution in [2.75, 3.05) is 0 Å². The number of carbonyl (C=O) groups excluding carboxylic acids is 1. The van der Waals surface area contributed by atoms with Gasteiger partial charge in [-0.3, -0.25) is 4.79 Å². The van der Waals surface area contributed by atoms with Gasteiger partial charge in [0.25, 0.3) is 5.78 Å². The molecule has 0 fully saturated rings. The Bertz CT molecular complexity index is 807. The van der Waals surface area contributed by atoms with Crippen LogP contribution in [0.25, 0.3) is 17.2 Å². The van der Waals surface area contributed by atoms with E-state index in [9.17, 15) is 4.79 Å². The summed E-state index contributed by atoms with van der Waals surface area (Å²) in [5.41, 5.74) is 2.57. The van der Waals surface area contributed by atoms with Crippen LogP contribution in [0, 0.1) is 0 Å². The zero-order valence-corrected chi connectivity index (χ0v) is 10.8. The zero-order chi connectivity index (χ0) is 13.5. The molecular formula is C15H12N4O. The maximum absolute atomic E-state index is 11.9. The highest BCUT2D eigenvalue weighted by Crippen LogP contribution is 2.22. The Labute approximate surface area is 115 Å². The van der Waals surface area contributed by atoms with Gasteiger partial charge in [0.05, 0.1) is 11.3 Å². The zero-order valence-electron chi connectivity index (χ0n) is 10.8. The molecule has 5 heteroatoms. The molecule has 5 nitrogen and oxygen atoms in total. The van der Waals surface area contributed by atoms with E-state index in [1.54, 1.807) is 10.7 Å². The average Bonchev–Trinajstić information content (AvgIpc) is 2.93. The summed E-state index contributed by atoms with van der Waals surface area (Å²) in [6, 6.07) is 9.79.